The Balaban J connectivity index is 1.57. The van der Waals surface area contributed by atoms with Gasteiger partial charge in [-0.1, -0.05) is 36.6 Å². The fraction of sp³-hybridized carbons (Fsp3) is 0.429. The van der Waals surface area contributed by atoms with Gasteiger partial charge in [0.05, 0.1) is 19.0 Å². The molecule has 2 aromatic heterocycles. The third-order valence-corrected chi connectivity index (χ3v) is 5.78. The number of hydrazone groups is 1. The van der Waals surface area contributed by atoms with Crippen LogP contribution in [0.4, 0.5) is 5.82 Å². The van der Waals surface area contributed by atoms with Crippen molar-refractivity contribution in [1.29, 1.82) is 0 Å². The van der Waals surface area contributed by atoms with Crippen LogP contribution in [0, 0.1) is 0 Å². The summed E-state index contributed by atoms with van der Waals surface area (Å²) in [7, 11) is 3.60. The maximum absolute atomic E-state index is 13.0. The molecular weight excluding hydrogens is 426 g/mol. The van der Waals surface area contributed by atoms with Gasteiger partial charge in [-0.05, 0) is 42.3 Å². The molecule has 0 atom stereocenters. The van der Waals surface area contributed by atoms with Crippen molar-refractivity contribution in [2.75, 3.05) is 19.9 Å². The van der Waals surface area contributed by atoms with Crippen LogP contribution in [0.2, 0.25) is 0 Å². The third kappa shape index (κ3) is 5.00. The highest BCUT2D eigenvalue weighted by Crippen LogP contribution is 2.24. The Labute approximate surface area is 190 Å². The number of rotatable bonds is 8. The number of nitrogens with two attached hydrogens (primary N) is 1. The van der Waals surface area contributed by atoms with E-state index in [0.717, 1.165) is 18.4 Å². The van der Waals surface area contributed by atoms with E-state index in [9.17, 15) is 4.79 Å². The minimum Gasteiger partial charge on any atom is -0.496 e. The molecule has 0 aliphatic heterocycles. The molecule has 4 rings (SSSR count). The van der Waals surface area contributed by atoms with Gasteiger partial charge in [0, 0.05) is 18.2 Å². The van der Waals surface area contributed by atoms with E-state index in [1.807, 2.05) is 31.3 Å². The highest BCUT2D eigenvalue weighted by atomic mass is 16.6. The van der Waals surface area contributed by atoms with Gasteiger partial charge in [0.1, 0.15) is 5.75 Å². The lowest BCUT2D eigenvalue weighted by molar-refractivity contribution is 0.0947. The summed E-state index contributed by atoms with van der Waals surface area (Å²) in [5.74, 6) is 0.383. The lowest BCUT2D eigenvalue weighted by Crippen LogP contribution is -2.34. The van der Waals surface area contributed by atoms with Crippen LogP contribution in [0.15, 0.2) is 34.0 Å². The number of para-hydroxylation sites is 1. The zero-order chi connectivity index (χ0) is 23.2. The van der Waals surface area contributed by atoms with Gasteiger partial charge in [0.2, 0.25) is 11.6 Å². The molecule has 12 heteroatoms. The molecule has 0 radical (unpaired) electrons. The number of aromatic nitrogens is 5. The first-order chi connectivity index (χ1) is 16.1. The summed E-state index contributed by atoms with van der Waals surface area (Å²) in [6, 6.07) is 7.76. The topological polar surface area (TPSA) is 150 Å². The van der Waals surface area contributed by atoms with Crippen LogP contribution in [0.1, 0.15) is 53.8 Å². The van der Waals surface area contributed by atoms with Gasteiger partial charge in [0.15, 0.2) is 5.69 Å². The van der Waals surface area contributed by atoms with Gasteiger partial charge in [-0.25, -0.2) is 10.1 Å². The van der Waals surface area contributed by atoms with E-state index in [1.54, 1.807) is 7.11 Å². The molecule has 1 aliphatic rings. The molecule has 0 unspecified atom stereocenters. The second-order valence-electron chi connectivity index (χ2n) is 7.92. The van der Waals surface area contributed by atoms with Crippen LogP contribution >= 0.6 is 0 Å². The van der Waals surface area contributed by atoms with Crippen molar-refractivity contribution in [1.82, 2.24) is 35.6 Å². The van der Waals surface area contributed by atoms with E-state index in [4.69, 9.17) is 15.1 Å². The Hall–Kier alpha value is -3.80. The number of carbonyl (C=O) groups is 1. The predicted octanol–water partition coefficient (Wildman–Crippen LogP) is 1.77. The van der Waals surface area contributed by atoms with Gasteiger partial charge in [-0.15, -0.1) is 5.10 Å². The molecule has 3 aromatic rings. The molecule has 1 amide bonds. The summed E-state index contributed by atoms with van der Waals surface area (Å²) in [5.41, 5.74) is 9.75. The fourth-order valence-corrected chi connectivity index (χ4v) is 4.00. The number of hydrogen-bond acceptors (Lipinski definition) is 10. The molecule has 174 valence electrons. The number of nitrogen functional groups attached to an aromatic ring is 1. The standard InChI is InChI=1S/C21H27N9O3/c1-29(15-9-4-3-5-10-15)13-16-18(24-28-30(16)20-19(22)26-33-27-20)21(31)25-23-12-14-8-6-7-11-17(14)32-2/h6-8,11-12,15H,3-5,9-10,13H2,1-2H3,(H2,22,26)(H,25,31). The van der Waals surface area contributed by atoms with Gasteiger partial charge < -0.3 is 10.5 Å². The van der Waals surface area contributed by atoms with Crippen LogP contribution < -0.4 is 15.9 Å². The molecule has 1 aliphatic carbocycles. The Kier molecular flexibility index (Phi) is 6.93. The minimum atomic E-state index is -0.505. The van der Waals surface area contributed by atoms with E-state index in [-0.39, 0.29) is 17.3 Å². The first-order valence-electron chi connectivity index (χ1n) is 10.8. The molecule has 1 aromatic carbocycles. The summed E-state index contributed by atoms with van der Waals surface area (Å²) in [6.45, 7) is 0.420. The number of hydrogen-bond donors (Lipinski definition) is 2. The quantitative estimate of drug-likeness (QED) is 0.384. The van der Waals surface area contributed by atoms with Crippen molar-refractivity contribution in [2.45, 2.75) is 44.7 Å². The Morgan fingerprint density at radius 3 is 2.85 bits per heavy atom. The number of anilines is 1. The largest absolute Gasteiger partial charge is 0.496 e. The second-order valence-corrected chi connectivity index (χ2v) is 7.92. The SMILES string of the molecule is COc1ccccc1C=NNC(=O)c1nnn(-c2nonc2N)c1CN(C)C1CCCCC1. The summed E-state index contributed by atoms with van der Waals surface area (Å²) in [4.78, 5) is 15.2. The van der Waals surface area contributed by atoms with Crippen LogP contribution in [-0.4, -0.2) is 62.5 Å². The summed E-state index contributed by atoms with van der Waals surface area (Å²) >= 11 is 0. The highest BCUT2D eigenvalue weighted by Gasteiger charge is 2.27. The number of amides is 1. The van der Waals surface area contributed by atoms with Crippen LogP contribution in [0.5, 0.6) is 5.75 Å². The molecule has 1 saturated carbocycles. The summed E-state index contributed by atoms with van der Waals surface area (Å²) in [5, 5.41) is 19.7. The van der Waals surface area contributed by atoms with Crippen LogP contribution in [0.3, 0.4) is 0 Å². The first kappa shape index (κ1) is 22.4. The molecule has 0 spiro atoms. The van der Waals surface area contributed by atoms with Crippen molar-refractivity contribution >= 4 is 17.9 Å². The van der Waals surface area contributed by atoms with Crippen molar-refractivity contribution in [3.05, 3.63) is 41.2 Å². The van der Waals surface area contributed by atoms with Gasteiger partial charge in [-0.3, -0.25) is 9.69 Å². The summed E-state index contributed by atoms with van der Waals surface area (Å²) in [6.07, 6.45) is 7.36. The van der Waals surface area contributed by atoms with Gasteiger partial charge in [0.25, 0.3) is 5.91 Å². The zero-order valence-electron chi connectivity index (χ0n) is 18.6. The van der Waals surface area contributed by atoms with E-state index in [0.29, 0.717) is 24.0 Å². The lowest BCUT2D eigenvalue weighted by Gasteiger charge is -2.31. The van der Waals surface area contributed by atoms with Gasteiger partial charge in [-0.2, -0.15) is 9.78 Å². The smallest absolute Gasteiger partial charge is 0.293 e. The third-order valence-electron chi connectivity index (χ3n) is 5.78. The van der Waals surface area contributed by atoms with E-state index >= 15 is 0 Å². The van der Waals surface area contributed by atoms with Crippen molar-refractivity contribution < 1.29 is 14.2 Å². The average molecular weight is 454 g/mol. The Morgan fingerprint density at radius 2 is 2.12 bits per heavy atom. The molecule has 1 fully saturated rings. The number of nitrogens with one attached hydrogen (secondary N) is 1. The molecule has 0 bridgehead atoms. The van der Waals surface area contributed by atoms with E-state index in [2.05, 4.69) is 36.1 Å². The number of benzene rings is 1. The normalized spacial score (nSPS) is 14.8. The Morgan fingerprint density at radius 1 is 1.33 bits per heavy atom. The molecule has 33 heavy (non-hydrogen) atoms. The second kappa shape index (κ2) is 10.2. The molecule has 2 heterocycles. The van der Waals surface area contributed by atoms with E-state index < -0.39 is 5.91 Å². The number of ether oxygens (including phenoxy) is 1. The van der Waals surface area contributed by atoms with Crippen molar-refractivity contribution in [2.24, 2.45) is 5.10 Å². The Bertz CT molecular complexity index is 1120. The molecular formula is C21H27N9O3. The van der Waals surface area contributed by atoms with Gasteiger partial charge >= 0.3 is 0 Å². The van der Waals surface area contributed by atoms with Crippen molar-refractivity contribution in [3.8, 4) is 11.6 Å². The minimum absolute atomic E-state index is 0.0580. The molecule has 0 saturated heterocycles. The lowest BCUT2D eigenvalue weighted by atomic mass is 9.94. The van der Waals surface area contributed by atoms with Crippen LogP contribution in [-0.2, 0) is 6.54 Å². The number of nitrogens with zero attached hydrogens (tertiary/aromatic N) is 7. The fourth-order valence-electron chi connectivity index (χ4n) is 4.00. The number of carbonyl (C=O) groups excluding carboxylic acids is 1. The van der Waals surface area contributed by atoms with Crippen LogP contribution in [0.25, 0.3) is 5.82 Å². The molecule has 12 nitrogen and oxygen atoms in total. The predicted molar refractivity (Wildman–Crippen MR) is 120 cm³/mol. The highest BCUT2D eigenvalue weighted by molar-refractivity contribution is 5.94. The maximum Gasteiger partial charge on any atom is 0.293 e. The van der Waals surface area contributed by atoms with E-state index in [1.165, 1.54) is 30.2 Å². The van der Waals surface area contributed by atoms with Crippen molar-refractivity contribution in [3.63, 3.8) is 0 Å². The zero-order valence-corrected chi connectivity index (χ0v) is 18.6. The average Bonchev–Trinajstić information content (AvgIpc) is 3.45. The summed E-state index contributed by atoms with van der Waals surface area (Å²) < 4.78 is 11.4. The monoisotopic (exact) mass is 453 g/mol. The first-order valence-corrected chi connectivity index (χ1v) is 10.8. The molecule has 3 N–H and O–H groups in total. The maximum atomic E-state index is 13.0. The number of methoxy groups -OCH3 is 1.